The molecule has 1 N–H and O–H groups in total. The molecule has 0 radical (unpaired) electrons. The Kier molecular flexibility index (Phi) is 7.48. The number of hydrogen-bond donors (Lipinski definition) is 1. The summed E-state index contributed by atoms with van der Waals surface area (Å²) < 4.78 is 4.91. The quantitative estimate of drug-likeness (QED) is 0.314. The molecule has 2 rings (SSSR count). The Morgan fingerprint density at radius 1 is 1.12 bits per heavy atom. The molecule has 0 aromatic heterocycles. The molecule has 2 aromatic carbocycles. The van der Waals surface area contributed by atoms with Crippen LogP contribution in [0.15, 0.2) is 60.1 Å². The molecule has 4 nitrogen and oxygen atoms in total. The lowest BCUT2D eigenvalue weighted by Gasteiger charge is -2.07. The molecule has 0 saturated heterocycles. The molecule has 26 heavy (non-hydrogen) atoms. The zero-order chi connectivity index (χ0) is 18.8. The lowest BCUT2D eigenvalue weighted by atomic mass is 10.1. The predicted molar refractivity (Wildman–Crippen MR) is 106 cm³/mol. The minimum atomic E-state index is -0.579. The number of rotatable bonds is 8. The van der Waals surface area contributed by atoms with Crippen molar-refractivity contribution in [3.05, 3.63) is 76.8 Å². The molecule has 5 heteroatoms. The molecule has 2 aromatic rings. The van der Waals surface area contributed by atoms with Gasteiger partial charge < -0.3 is 10.1 Å². The highest BCUT2D eigenvalue weighted by Crippen LogP contribution is 2.13. The average Bonchev–Trinajstić information content (AvgIpc) is 2.67. The van der Waals surface area contributed by atoms with Gasteiger partial charge in [-0.2, -0.15) is 5.26 Å². The summed E-state index contributed by atoms with van der Waals surface area (Å²) in [5.74, 6) is -0.579. The fourth-order valence-corrected chi connectivity index (χ4v) is 2.18. The number of ether oxygens (including phenoxy) is 1. The number of esters is 1. The Balaban J connectivity index is 1.77. The number of nitrogens with one attached hydrogen (secondary N) is 1. The Labute approximate surface area is 158 Å². The molecule has 0 spiro atoms. The van der Waals surface area contributed by atoms with Crippen LogP contribution in [0, 0.1) is 11.3 Å². The number of halogens is 1. The van der Waals surface area contributed by atoms with Crippen LogP contribution in [0.1, 0.15) is 23.1 Å². The molecule has 0 aliphatic rings. The van der Waals surface area contributed by atoms with Crippen LogP contribution < -0.4 is 5.32 Å². The lowest BCUT2D eigenvalue weighted by molar-refractivity contribution is -0.138. The maximum atomic E-state index is 11.1. The topological polar surface area (TPSA) is 62.1 Å². The van der Waals surface area contributed by atoms with E-state index < -0.39 is 5.97 Å². The zero-order valence-electron chi connectivity index (χ0n) is 14.2. The van der Waals surface area contributed by atoms with E-state index in [-0.39, 0.29) is 5.03 Å². The highest BCUT2D eigenvalue weighted by molar-refractivity contribution is 6.40. The van der Waals surface area contributed by atoms with E-state index in [4.69, 9.17) is 21.6 Å². The molecule has 0 amide bonds. The molecular formula is C21H19ClN2O2. The third-order valence-electron chi connectivity index (χ3n) is 3.52. The van der Waals surface area contributed by atoms with Crippen LogP contribution >= 0.6 is 11.6 Å². The first-order chi connectivity index (χ1) is 12.6. The number of nitriles is 1. The van der Waals surface area contributed by atoms with Gasteiger partial charge in [-0.25, -0.2) is 4.79 Å². The van der Waals surface area contributed by atoms with E-state index in [0.29, 0.717) is 25.1 Å². The minimum absolute atomic E-state index is 0.109. The van der Waals surface area contributed by atoms with Crippen LogP contribution in [-0.4, -0.2) is 19.1 Å². The van der Waals surface area contributed by atoms with E-state index in [9.17, 15) is 4.79 Å². The smallest absolute Gasteiger partial charge is 0.349 e. The van der Waals surface area contributed by atoms with Crippen LogP contribution in [0.4, 0.5) is 5.69 Å². The lowest BCUT2D eigenvalue weighted by Crippen LogP contribution is -2.09. The Morgan fingerprint density at radius 2 is 1.69 bits per heavy atom. The van der Waals surface area contributed by atoms with Gasteiger partial charge in [0.05, 0.1) is 18.2 Å². The molecule has 0 atom stereocenters. The summed E-state index contributed by atoms with van der Waals surface area (Å²) in [6.07, 6.45) is 4.70. The van der Waals surface area contributed by atoms with Gasteiger partial charge in [0.2, 0.25) is 0 Å². The average molecular weight is 367 g/mol. The van der Waals surface area contributed by atoms with Crippen molar-refractivity contribution in [2.45, 2.75) is 6.42 Å². The van der Waals surface area contributed by atoms with Gasteiger partial charge in [0, 0.05) is 12.2 Å². The summed E-state index contributed by atoms with van der Waals surface area (Å²) >= 11 is 5.43. The Hall–Kier alpha value is -3.03. The standard InChI is InChI=1S/C21H19ClN2O2/c1-16(22)21(25)26-14-2-13-24-20-11-9-18(10-12-20)4-3-17-5-7-19(15-23)8-6-17/h3-12,24H,1-2,13-14H2. The van der Waals surface area contributed by atoms with E-state index in [1.807, 2.05) is 48.6 Å². The van der Waals surface area contributed by atoms with E-state index in [1.165, 1.54) is 0 Å². The summed E-state index contributed by atoms with van der Waals surface area (Å²) in [7, 11) is 0. The Morgan fingerprint density at radius 3 is 2.23 bits per heavy atom. The molecule has 0 saturated carbocycles. The van der Waals surface area contributed by atoms with Crippen molar-refractivity contribution >= 4 is 35.4 Å². The third kappa shape index (κ3) is 6.46. The van der Waals surface area contributed by atoms with Gasteiger partial charge in [0.15, 0.2) is 0 Å². The van der Waals surface area contributed by atoms with Crippen LogP contribution in [-0.2, 0) is 9.53 Å². The first kappa shape index (κ1) is 19.3. The fourth-order valence-electron chi connectivity index (χ4n) is 2.12. The second-order valence-corrected chi connectivity index (χ2v) is 5.97. The monoisotopic (exact) mass is 366 g/mol. The number of nitrogens with zero attached hydrogens (tertiary/aromatic N) is 1. The van der Waals surface area contributed by atoms with Crippen molar-refractivity contribution in [3.8, 4) is 6.07 Å². The summed E-state index contributed by atoms with van der Waals surface area (Å²) in [5, 5.41) is 11.9. The number of benzene rings is 2. The summed E-state index contributed by atoms with van der Waals surface area (Å²) in [5.41, 5.74) is 3.77. The maximum absolute atomic E-state index is 11.1. The van der Waals surface area contributed by atoms with E-state index >= 15 is 0 Å². The molecule has 0 fully saturated rings. The van der Waals surface area contributed by atoms with Crippen molar-refractivity contribution in [1.29, 1.82) is 5.26 Å². The third-order valence-corrected chi connectivity index (χ3v) is 3.68. The number of anilines is 1. The van der Waals surface area contributed by atoms with Crippen molar-refractivity contribution in [1.82, 2.24) is 0 Å². The zero-order valence-corrected chi connectivity index (χ0v) is 15.0. The van der Waals surface area contributed by atoms with Crippen molar-refractivity contribution in [2.24, 2.45) is 0 Å². The molecule has 0 unspecified atom stereocenters. The number of hydrogen-bond acceptors (Lipinski definition) is 4. The van der Waals surface area contributed by atoms with Crippen molar-refractivity contribution in [3.63, 3.8) is 0 Å². The molecule has 0 aliphatic heterocycles. The van der Waals surface area contributed by atoms with Crippen LogP contribution in [0.3, 0.4) is 0 Å². The highest BCUT2D eigenvalue weighted by atomic mass is 35.5. The first-order valence-electron chi connectivity index (χ1n) is 8.12. The second kappa shape index (κ2) is 10.1. The van der Waals surface area contributed by atoms with Gasteiger partial charge in [-0.05, 0) is 41.8 Å². The largest absolute Gasteiger partial charge is 0.461 e. The van der Waals surface area contributed by atoms with Gasteiger partial charge in [-0.3, -0.25) is 0 Å². The van der Waals surface area contributed by atoms with E-state index in [2.05, 4.69) is 18.0 Å². The number of carbonyl (C=O) groups excluding carboxylic acids is 1. The van der Waals surface area contributed by atoms with E-state index in [1.54, 1.807) is 12.1 Å². The summed E-state index contributed by atoms with van der Waals surface area (Å²) in [6.45, 7) is 4.29. The SMILES string of the molecule is C=C(Cl)C(=O)OCCCNc1ccc(C=Cc2ccc(C#N)cc2)cc1. The van der Waals surface area contributed by atoms with Crippen molar-refractivity contribution in [2.75, 3.05) is 18.5 Å². The molecule has 0 aliphatic carbocycles. The van der Waals surface area contributed by atoms with Crippen LogP contribution in [0.25, 0.3) is 12.2 Å². The molecule has 0 bridgehead atoms. The first-order valence-corrected chi connectivity index (χ1v) is 8.50. The van der Waals surface area contributed by atoms with Crippen LogP contribution in [0.5, 0.6) is 0 Å². The minimum Gasteiger partial charge on any atom is -0.461 e. The predicted octanol–water partition coefficient (Wildman–Crippen LogP) is 4.83. The fraction of sp³-hybridized carbons (Fsp3) is 0.143. The van der Waals surface area contributed by atoms with E-state index in [0.717, 1.165) is 16.8 Å². The van der Waals surface area contributed by atoms with Gasteiger partial charge in [0.1, 0.15) is 5.03 Å². The summed E-state index contributed by atoms with van der Waals surface area (Å²) in [4.78, 5) is 11.1. The Bertz CT molecular complexity index is 819. The van der Waals surface area contributed by atoms with Gasteiger partial charge in [-0.15, -0.1) is 0 Å². The van der Waals surface area contributed by atoms with Crippen LogP contribution in [0.2, 0.25) is 0 Å². The molecule has 0 heterocycles. The maximum Gasteiger partial charge on any atom is 0.349 e. The normalized spacial score (nSPS) is 10.3. The second-order valence-electron chi connectivity index (χ2n) is 5.51. The highest BCUT2D eigenvalue weighted by Gasteiger charge is 2.03. The van der Waals surface area contributed by atoms with Gasteiger partial charge in [0.25, 0.3) is 0 Å². The summed E-state index contributed by atoms with van der Waals surface area (Å²) in [6, 6.07) is 17.5. The van der Waals surface area contributed by atoms with Gasteiger partial charge >= 0.3 is 5.97 Å². The van der Waals surface area contributed by atoms with Gasteiger partial charge in [-0.1, -0.05) is 54.6 Å². The molecule has 132 valence electrons. The molecular weight excluding hydrogens is 348 g/mol. The number of carbonyl (C=O) groups is 1. The van der Waals surface area contributed by atoms with Crippen molar-refractivity contribution < 1.29 is 9.53 Å².